The van der Waals surface area contributed by atoms with Crippen molar-refractivity contribution in [2.24, 2.45) is 12.0 Å². The SMILES string of the molecule is C=CCCCN(C)C(=NCc1ncnn1C)NCC. The van der Waals surface area contributed by atoms with Crippen molar-refractivity contribution in [3.63, 3.8) is 0 Å². The third-order valence-corrected chi connectivity index (χ3v) is 2.77. The predicted octanol–water partition coefficient (Wildman–Crippen LogP) is 1.18. The maximum Gasteiger partial charge on any atom is 0.194 e. The van der Waals surface area contributed by atoms with Crippen LogP contribution in [0.25, 0.3) is 0 Å². The lowest BCUT2D eigenvalue weighted by molar-refractivity contribution is 0.469. The molecule has 0 atom stereocenters. The first kappa shape index (κ1) is 15.2. The Hall–Kier alpha value is -1.85. The number of aromatic nitrogens is 3. The summed E-state index contributed by atoms with van der Waals surface area (Å²) in [6.07, 6.45) is 5.59. The van der Waals surface area contributed by atoms with E-state index in [4.69, 9.17) is 0 Å². The Morgan fingerprint density at radius 3 is 3.00 bits per heavy atom. The van der Waals surface area contributed by atoms with E-state index in [9.17, 15) is 0 Å². The van der Waals surface area contributed by atoms with Crippen LogP contribution in [-0.4, -0.2) is 45.8 Å². The third kappa shape index (κ3) is 5.11. The molecule has 0 aliphatic rings. The van der Waals surface area contributed by atoms with Crippen molar-refractivity contribution >= 4 is 5.96 Å². The van der Waals surface area contributed by atoms with Gasteiger partial charge in [-0.1, -0.05) is 6.08 Å². The molecule has 0 amide bonds. The van der Waals surface area contributed by atoms with Gasteiger partial charge in [0.05, 0.1) is 0 Å². The number of allylic oxidation sites excluding steroid dienone is 1. The van der Waals surface area contributed by atoms with Gasteiger partial charge in [-0.3, -0.25) is 4.68 Å². The van der Waals surface area contributed by atoms with Crippen molar-refractivity contribution in [2.75, 3.05) is 20.1 Å². The van der Waals surface area contributed by atoms with Gasteiger partial charge in [0.1, 0.15) is 18.7 Å². The number of unbranched alkanes of at least 4 members (excludes halogenated alkanes) is 1. The summed E-state index contributed by atoms with van der Waals surface area (Å²) in [6, 6.07) is 0. The van der Waals surface area contributed by atoms with E-state index in [-0.39, 0.29) is 0 Å². The van der Waals surface area contributed by atoms with Crippen molar-refractivity contribution < 1.29 is 0 Å². The average molecular weight is 264 g/mol. The number of hydrogen-bond donors (Lipinski definition) is 1. The average Bonchev–Trinajstić information content (AvgIpc) is 2.80. The number of guanidine groups is 1. The van der Waals surface area contributed by atoms with Crippen molar-refractivity contribution in [3.05, 3.63) is 24.8 Å². The van der Waals surface area contributed by atoms with Crippen LogP contribution in [0, 0.1) is 0 Å². The van der Waals surface area contributed by atoms with Crippen molar-refractivity contribution in [3.8, 4) is 0 Å². The highest BCUT2D eigenvalue weighted by Gasteiger charge is 2.06. The molecule has 1 aromatic rings. The highest BCUT2D eigenvalue weighted by atomic mass is 15.3. The molecule has 0 fully saturated rings. The molecule has 1 aromatic heterocycles. The molecule has 0 radical (unpaired) electrons. The van der Waals surface area contributed by atoms with E-state index in [2.05, 4.69) is 38.8 Å². The highest BCUT2D eigenvalue weighted by molar-refractivity contribution is 5.79. The van der Waals surface area contributed by atoms with Gasteiger partial charge in [0.2, 0.25) is 0 Å². The Bertz CT molecular complexity index is 409. The number of aliphatic imine (C=N–C) groups is 1. The molecule has 6 heteroatoms. The van der Waals surface area contributed by atoms with E-state index < -0.39 is 0 Å². The monoisotopic (exact) mass is 264 g/mol. The molecule has 0 aromatic carbocycles. The van der Waals surface area contributed by atoms with E-state index in [0.29, 0.717) is 6.54 Å². The van der Waals surface area contributed by atoms with Gasteiger partial charge in [0.25, 0.3) is 0 Å². The third-order valence-electron chi connectivity index (χ3n) is 2.77. The summed E-state index contributed by atoms with van der Waals surface area (Å²) in [7, 11) is 3.92. The molecule has 0 bridgehead atoms. The minimum absolute atomic E-state index is 0.532. The van der Waals surface area contributed by atoms with E-state index in [1.165, 1.54) is 0 Å². The second-order valence-electron chi connectivity index (χ2n) is 4.32. The van der Waals surface area contributed by atoms with E-state index in [1.807, 2.05) is 20.2 Å². The second kappa shape index (κ2) is 8.29. The van der Waals surface area contributed by atoms with Gasteiger partial charge in [0, 0.05) is 27.2 Å². The zero-order valence-corrected chi connectivity index (χ0v) is 12.1. The van der Waals surface area contributed by atoms with Crippen LogP contribution in [0.1, 0.15) is 25.6 Å². The fraction of sp³-hybridized carbons (Fsp3) is 0.615. The van der Waals surface area contributed by atoms with Gasteiger partial charge in [-0.05, 0) is 19.8 Å². The molecular weight excluding hydrogens is 240 g/mol. The van der Waals surface area contributed by atoms with Crippen molar-refractivity contribution in [2.45, 2.75) is 26.3 Å². The van der Waals surface area contributed by atoms with Crippen LogP contribution in [-0.2, 0) is 13.6 Å². The molecule has 1 N–H and O–H groups in total. The molecule has 0 aliphatic heterocycles. The lowest BCUT2D eigenvalue weighted by Gasteiger charge is -2.21. The lowest BCUT2D eigenvalue weighted by Crippen LogP contribution is -2.39. The topological polar surface area (TPSA) is 58.3 Å². The van der Waals surface area contributed by atoms with Crippen LogP contribution in [0.15, 0.2) is 24.0 Å². The van der Waals surface area contributed by atoms with E-state index >= 15 is 0 Å². The molecule has 0 aliphatic carbocycles. The van der Waals surface area contributed by atoms with Crippen LogP contribution < -0.4 is 5.32 Å². The summed E-state index contributed by atoms with van der Waals surface area (Å²) in [6.45, 7) is 8.14. The summed E-state index contributed by atoms with van der Waals surface area (Å²) in [5.74, 6) is 1.75. The van der Waals surface area contributed by atoms with Crippen LogP contribution >= 0.6 is 0 Å². The van der Waals surface area contributed by atoms with E-state index in [0.717, 1.165) is 37.7 Å². The van der Waals surface area contributed by atoms with Crippen LogP contribution in [0.2, 0.25) is 0 Å². The minimum Gasteiger partial charge on any atom is -0.357 e. The largest absolute Gasteiger partial charge is 0.357 e. The van der Waals surface area contributed by atoms with Crippen LogP contribution in [0.4, 0.5) is 0 Å². The molecule has 0 saturated heterocycles. The lowest BCUT2D eigenvalue weighted by atomic mass is 10.3. The number of aryl methyl sites for hydroxylation is 1. The maximum absolute atomic E-state index is 4.58. The number of hydrogen-bond acceptors (Lipinski definition) is 3. The number of nitrogens with one attached hydrogen (secondary N) is 1. The van der Waals surface area contributed by atoms with Gasteiger partial charge in [-0.25, -0.2) is 9.98 Å². The maximum atomic E-state index is 4.58. The summed E-state index contributed by atoms with van der Waals surface area (Å²) >= 11 is 0. The molecular formula is C13H24N6. The van der Waals surface area contributed by atoms with Gasteiger partial charge in [-0.2, -0.15) is 5.10 Å². The molecule has 6 nitrogen and oxygen atoms in total. The summed E-state index contributed by atoms with van der Waals surface area (Å²) in [5.41, 5.74) is 0. The molecule has 0 saturated carbocycles. The molecule has 0 unspecified atom stereocenters. The standard InChI is InChI=1S/C13H24N6/c1-5-7-8-9-18(3)13(14-6-2)15-10-12-16-11-17-19(12)4/h5,11H,1,6-10H2,2-4H3,(H,14,15). The Morgan fingerprint density at radius 1 is 1.63 bits per heavy atom. The fourth-order valence-corrected chi connectivity index (χ4v) is 1.66. The van der Waals surface area contributed by atoms with Crippen LogP contribution in [0.3, 0.4) is 0 Å². The van der Waals surface area contributed by atoms with Gasteiger partial charge in [0.15, 0.2) is 5.96 Å². The van der Waals surface area contributed by atoms with Crippen LogP contribution in [0.5, 0.6) is 0 Å². The highest BCUT2D eigenvalue weighted by Crippen LogP contribution is 1.98. The molecule has 0 spiro atoms. The Balaban J connectivity index is 2.59. The van der Waals surface area contributed by atoms with E-state index in [1.54, 1.807) is 11.0 Å². The minimum atomic E-state index is 0.532. The van der Waals surface area contributed by atoms with Gasteiger partial charge in [-0.15, -0.1) is 6.58 Å². The number of nitrogens with zero attached hydrogens (tertiary/aromatic N) is 5. The fourth-order valence-electron chi connectivity index (χ4n) is 1.66. The normalized spacial score (nSPS) is 11.4. The Morgan fingerprint density at radius 2 is 2.42 bits per heavy atom. The summed E-state index contributed by atoms with van der Waals surface area (Å²) in [5, 5.41) is 7.32. The molecule has 1 rings (SSSR count). The molecule has 1 heterocycles. The quantitative estimate of drug-likeness (QED) is 0.348. The van der Waals surface area contributed by atoms with Gasteiger partial charge >= 0.3 is 0 Å². The molecule has 106 valence electrons. The van der Waals surface area contributed by atoms with Gasteiger partial charge < -0.3 is 10.2 Å². The zero-order chi connectivity index (χ0) is 14.1. The zero-order valence-electron chi connectivity index (χ0n) is 12.1. The first-order valence-corrected chi connectivity index (χ1v) is 6.62. The number of rotatable bonds is 7. The molecule has 19 heavy (non-hydrogen) atoms. The predicted molar refractivity (Wildman–Crippen MR) is 77.9 cm³/mol. The Kier molecular flexibility index (Phi) is 6.63. The summed E-state index contributed by atoms with van der Waals surface area (Å²) in [4.78, 5) is 10.9. The van der Waals surface area contributed by atoms with Crippen molar-refractivity contribution in [1.82, 2.24) is 25.0 Å². The first-order valence-electron chi connectivity index (χ1n) is 6.62. The summed E-state index contributed by atoms with van der Waals surface area (Å²) < 4.78 is 1.74. The Labute approximate surface area is 115 Å². The smallest absolute Gasteiger partial charge is 0.194 e. The second-order valence-corrected chi connectivity index (χ2v) is 4.32. The first-order chi connectivity index (χ1) is 9.19. The van der Waals surface area contributed by atoms with Crippen molar-refractivity contribution in [1.29, 1.82) is 0 Å².